The number of nitrogens with zero attached hydrogens (tertiary/aromatic N) is 1. The molecule has 1 aromatic rings. The predicted octanol–water partition coefficient (Wildman–Crippen LogP) is 3.59. The molecule has 1 nitrogen and oxygen atoms in total. The lowest BCUT2D eigenvalue weighted by atomic mass is 10.1. The largest absolute Gasteiger partial charge is 0.371 e. The molecule has 0 atom stereocenters. The fourth-order valence-corrected chi connectivity index (χ4v) is 2.56. The summed E-state index contributed by atoms with van der Waals surface area (Å²) in [4.78, 5) is 2.53. The summed E-state index contributed by atoms with van der Waals surface area (Å²) in [5.74, 6) is 0. The van der Waals surface area contributed by atoms with Crippen molar-refractivity contribution < 1.29 is 0 Å². The summed E-state index contributed by atoms with van der Waals surface area (Å²) in [6.45, 7) is 4.70. The minimum absolute atomic E-state index is 1.24. The van der Waals surface area contributed by atoms with Gasteiger partial charge in [0.1, 0.15) is 0 Å². The molecule has 0 unspecified atom stereocenters. The quantitative estimate of drug-likeness (QED) is 0.717. The van der Waals surface area contributed by atoms with E-state index in [9.17, 15) is 0 Å². The molecule has 1 saturated heterocycles. The number of hydrogen-bond donors (Lipinski definition) is 0. The Kier molecular flexibility index (Phi) is 3.31. The van der Waals surface area contributed by atoms with Gasteiger partial charge in [0, 0.05) is 22.3 Å². The predicted molar refractivity (Wildman–Crippen MR) is 70.0 cm³/mol. The number of rotatable bonds is 1. The van der Waals surface area contributed by atoms with E-state index in [0.29, 0.717) is 0 Å². The summed E-state index contributed by atoms with van der Waals surface area (Å²) in [6.07, 6.45) is 4.11. The van der Waals surface area contributed by atoms with E-state index in [1.807, 2.05) is 0 Å². The normalized spacial score (nSPS) is 17.1. The monoisotopic (exact) mass is 301 g/mol. The Labute approximate surface area is 99.6 Å². The zero-order valence-electron chi connectivity index (χ0n) is 8.59. The van der Waals surface area contributed by atoms with E-state index in [-0.39, 0.29) is 0 Å². The highest BCUT2D eigenvalue weighted by Crippen LogP contribution is 2.26. The Morgan fingerprint density at radius 2 is 1.86 bits per heavy atom. The SMILES string of the molecule is Cc1c(I)cccc1N1CCCCC1. The van der Waals surface area contributed by atoms with Crippen LogP contribution >= 0.6 is 22.6 Å². The van der Waals surface area contributed by atoms with Crippen LogP contribution in [0.3, 0.4) is 0 Å². The van der Waals surface area contributed by atoms with Crippen molar-refractivity contribution >= 4 is 28.3 Å². The minimum atomic E-state index is 1.24. The molecule has 2 heteroatoms. The molecule has 1 fully saturated rings. The maximum atomic E-state index is 2.53. The van der Waals surface area contributed by atoms with Crippen LogP contribution in [-0.2, 0) is 0 Å². The van der Waals surface area contributed by atoms with Gasteiger partial charge in [-0.1, -0.05) is 6.07 Å². The molecule has 14 heavy (non-hydrogen) atoms. The second-order valence-corrected chi connectivity index (χ2v) is 5.09. The average Bonchev–Trinajstić information content (AvgIpc) is 2.23. The number of piperidine rings is 1. The molecule has 0 spiro atoms. The lowest BCUT2D eigenvalue weighted by molar-refractivity contribution is 0.577. The van der Waals surface area contributed by atoms with Crippen molar-refractivity contribution in [1.82, 2.24) is 0 Å². The molecule has 0 aliphatic carbocycles. The Hall–Kier alpha value is -0.250. The summed E-state index contributed by atoms with van der Waals surface area (Å²) >= 11 is 2.42. The van der Waals surface area contributed by atoms with Gasteiger partial charge in [0.25, 0.3) is 0 Å². The summed E-state index contributed by atoms with van der Waals surface area (Å²) < 4.78 is 1.38. The van der Waals surface area contributed by atoms with Gasteiger partial charge in [-0.05, 0) is 66.5 Å². The molecular weight excluding hydrogens is 285 g/mol. The van der Waals surface area contributed by atoms with Crippen molar-refractivity contribution in [2.75, 3.05) is 18.0 Å². The number of anilines is 1. The van der Waals surface area contributed by atoms with Crippen molar-refractivity contribution in [2.45, 2.75) is 26.2 Å². The number of halogens is 1. The minimum Gasteiger partial charge on any atom is -0.371 e. The Morgan fingerprint density at radius 1 is 1.14 bits per heavy atom. The first-order chi connectivity index (χ1) is 6.79. The molecule has 1 aromatic carbocycles. The summed E-state index contributed by atoms with van der Waals surface area (Å²) in [6, 6.07) is 6.60. The van der Waals surface area contributed by atoms with Crippen molar-refractivity contribution in [1.29, 1.82) is 0 Å². The molecule has 0 bridgehead atoms. The average molecular weight is 301 g/mol. The molecule has 1 aliphatic heterocycles. The first-order valence-corrected chi connectivity index (χ1v) is 6.37. The topological polar surface area (TPSA) is 3.24 Å². The van der Waals surface area contributed by atoms with E-state index < -0.39 is 0 Å². The summed E-state index contributed by atoms with van der Waals surface area (Å²) in [5.41, 5.74) is 2.88. The van der Waals surface area contributed by atoms with Gasteiger partial charge in [-0.15, -0.1) is 0 Å². The van der Waals surface area contributed by atoms with E-state index >= 15 is 0 Å². The maximum Gasteiger partial charge on any atom is 0.0406 e. The van der Waals surface area contributed by atoms with Crippen LogP contribution in [0.15, 0.2) is 18.2 Å². The van der Waals surface area contributed by atoms with Crippen LogP contribution in [-0.4, -0.2) is 13.1 Å². The highest BCUT2D eigenvalue weighted by Gasteiger charge is 2.13. The van der Waals surface area contributed by atoms with Gasteiger partial charge in [-0.3, -0.25) is 0 Å². The van der Waals surface area contributed by atoms with Gasteiger partial charge < -0.3 is 4.90 Å². The van der Waals surface area contributed by atoms with Gasteiger partial charge in [0.15, 0.2) is 0 Å². The van der Waals surface area contributed by atoms with Crippen molar-refractivity contribution in [3.63, 3.8) is 0 Å². The second kappa shape index (κ2) is 4.51. The zero-order chi connectivity index (χ0) is 9.97. The molecular formula is C12H16IN. The highest BCUT2D eigenvalue weighted by atomic mass is 127. The molecule has 2 rings (SSSR count). The standard InChI is InChI=1S/C12H16IN/c1-10-11(13)6-5-7-12(10)14-8-3-2-4-9-14/h5-7H,2-4,8-9H2,1H3. The van der Waals surface area contributed by atoms with Crippen LogP contribution in [0.5, 0.6) is 0 Å². The lowest BCUT2D eigenvalue weighted by Crippen LogP contribution is -2.30. The van der Waals surface area contributed by atoms with Crippen LogP contribution in [0.1, 0.15) is 24.8 Å². The third-order valence-electron chi connectivity index (χ3n) is 2.94. The van der Waals surface area contributed by atoms with Crippen LogP contribution in [0.4, 0.5) is 5.69 Å². The van der Waals surface area contributed by atoms with Crippen molar-refractivity contribution in [3.05, 3.63) is 27.3 Å². The maximum absolute atomic E-state index is 2.53. The van der Waals surface area contributed by atoms with Crippen molar-refractivity contribution in [2.24, 2.45) is 0 Å². The van der Waals surface area contributed by atoms with Crippen LogP contribution in [0, 0.1) is 10.5 Å². The van der Waals surface area contributed by atoms with Crippen molar-refractivity contribution in [3.8, 4) is 0 Å². The van der Waals surface area contributed by atoms with Gasteiger partial charge in [-0.25, -0.2) is 0 Å². The molecule has 0 radical (unpaired) electrons. The van der Waals surface area contributed by atoms with Gasteiger partial charge >= 0.3 is 0 Å². The fraction of sp³-hybridized carbons (Fsp3) is 0.500. The van der Waals surface area contributed by atoms with Gasteiger partial charge in [0.2, 0.25) is 0 Å². The third-order valence-corrected chi connectivity index (χ3v) is 4.10. The molecule has 0 N–H and O–H groups in total. The highest BCUT2D eigenvalue weighted by molar-refractivity contribution is 14.1. The zero-order valence-corrected chi connectivity index (χ0v) is 10.8. The molecule has 0 saturated carbocycles. The number of benzene rings is 1. The van der Waals surface area contributed by atoms with Crippen LogP contribution in [0.2, 0.25) is 0 Å². The van der Waals surface area contributed by atoms with E-state index in [2.05, 4.69) is 52.6 Å². The first kappa shape index (κ1) is 10.3. The third kappa shape index (κ3) is 2.05. The molecule has 76 valence electrons. The Bertz CT molecular complexity index is 316. The molecule has 0 amide bonds. The van der Waals surface area contributed by atoms with E-state index in [1.54, 1.807) is 0 Å². The molecule has 1 aliphatic rings. The van der Waals surface area contributed by atoms with Crippen LogP contribution in [0.25, 0.3) is 0 Å². The van der Waals surface area contributed by atoms with Gasteiger partial charge in [0.05, 0.1) is 0 Å². The number of hydrogen-bond acceptors (Lipinski definition) is 1. The Balaban J connectivity index is 2.26. The Morgan fingerprint density at radius 3 is 2.57 bits per heavy atom. The lowest BCUT2D eigenvalue weighted by Gasteiger charge is -2.30. The first-order valence-electron chi connectivity index (χ1n) is 5.29. The van der Waals surface area contributed by atoms with E-state index in [1.165, 1.54) is 47.2 Å². The van der Waals surface area contributed by atoms with E-state index in [0.717, 1.165) is 0 Å². The van der Waals surface area contributed by atoms with Gasteiger partial charge in [-0.2, -0.15) is 0 Å². The molecule has 0 aromatic heterocycles. The summed E-state index contributed by atoms with van der Waals surface area (Å²) in [5, 5.41) is 0. The molecule has 1 heterocycles. The smallest absolute Gasteiger partial charge is 0.0406 e. The van der Waals surface area contributed by atoms with E-state index in [4.69, 9.17) is 0 Å². The fourth-order valence-electron chi connectivity index (χ4n) is 2.07. The summed E-state index contributed by atoms with van der Waals surface area (Å²) in [7, 11) is 0. The van der Waals surface area contributed by atoms with Crippen LogP contribution < -0.4 is 4.90 Å². The second-order valence-electron chi connectivity index (χ2n) is 3.93.